The summed E-state index contributed by atoms with van der Waals surface area (Å²) in [5.74, 6) is 1.48. The molecule has 1 N–H and O–H groups in total. The Morgan fingerprint density at radius 3 is 2.79 bits per heavy atom. The van der Waals surface area contributed by atoms with Crippen molar-refractivity contribution in [2.24, 2.45) is 0 Å². The number of methoxy groups -OCH3 is 1. The van der Waals surface area contributed by atoms with Crippen molar-refractivity contribution >= 4 is 11.6 Å². The van der Waals surface area contributed by atoms with Crippen LogP contribution < -0.4 is 10.1 Å². The van der Waals surface area contributed by atoms with Crippen LogP contribution in [-0.4, -0.2) is 19.7 Å². The zero-order valence-corrected chi connectivity index (χ0v) is 12.7. The van der Waals surface area contributed by atoms with Crippen LogP contribution in [0, 0.1) is 0 Å². The summed E-state index contributed by atoms with van der Waals surface area (Å²) in [7, 11) is 1.74. The fourth-order valence-electron chi connectivity index (χ4n) is 3.18. The summed E-state index contributed by atoms with van der Waals surface area (Å²) in [5, 5.41) is 4.45. The van der Waals surface area contributed by atoms with Gasteiger partial charge in [0.05, 0.1) is 7.11 Å². The van der Waals surface area contributed by atoms with Gasteiger partial charge in [0.25, 0.3) is 0 Å². The molecule has 0 aliphatic heterocycles. The molecule has 2 unspecified atom stereocenters. The predicted octanol–water partition coefficient (Wildman–Crippen LogP) is 4.37. The van der Waals surface area contributed by atoms with Crippen molar-refractivity contribution in [2.45, 2.75) is 51.0 Å². The van der Waals surface area contributed by atoms with Crippen LogP contribution in [0.25, 0.3) is 0 Å². The van der Waals surface area contributed by atoms with Crippen molar-refractivity contribution in [1.29, 1.82) is 0 Å². The Labute approximate surface area is 121 Å². The third-order valence-electron chi connectivity index (χ3n) is 4.07. The molecule has 0 heterocycles. The Kier molecular flexibility index (Phi) is 5.53. The first-order valence-corrected chi connectivity index (χ1v) is 7.71. The van der Waals surface area contributed by atoms with Gasteiger partial charge in [0.1, 0.15) is 5.75 Å². The lowest BCUT2D eigenvalue weighted by Crippen LogP contribution is -2.34. The second kappa shape index (κ2) is 7.16. The molecule has 1 fully saturated rings. The van der Waals surface area contributed by atoms with E-state index in [2.05, 4.69) is 18.3 Å². The van der Waals surface area contributed by atoms with E-state index < -0.39 is 0 Å². The highest BCUT2D eigenvalue weighted by Gasteiger charge is 2.26. The van der Waals surface area contributed by atoms with E-state index in [-0.39, 0.29) is 0 Å². The number of benzene rings is 1. The van der Waals surface area contributed by atoms with E-state index in [1.54, 1.807) is 7.11 Å². The minimum Gasteiger partial charge on any atom is -0.496 e. The summed E-state index contributed by atoms with van der Waals surface area (Å²) < 4.78 is 5.53. The van der Waals surface area contributed by atoms with Gasteiger partial charge in [0.2, 0.25) is 0 Å². The average Bonchev–Trinajstić information content (AvgIpc) is 2.64. The topological polar surface area (TPSA) is 21.3 Å². The number of hydrogen-bond donors (Lipinski definition) is 1. The summed E-state index contributed by atoms with van der Waals surface area (Å²) in [4.78, 5) is 0. The first kappa shape index (κ1) is 14.7. The molecule has 1 saturated carbocycles. The van der Waals surface area contributed by atoms with Gasteiger partial charge >= 0.3 is 0 Å². The van der Waals surface area contributed by atoms with E-state index in [0.29, 0.717) is 12.0 Å². The minimum atomic E-state index is 0.510. The highest BCUT2D eigenvalue weighted by atomic mass is 35.5. The van der Waals surface area contributed by atoms with Crippen LogP contribution in [0.4, 0.5) is 0 Å². The maximum atomic E-state index is 6.18. The zero-order chi connectivity index (χ0) is 13.7. The number of nitrogens with one attached hydrogen (secondary N) is 1. The predicted molar refractivity (Wildman–Crippen MR) is 81.3 cm³/mol. The van der Waals surface area contributed by atoms with Gasteiger partial charge in [-0.3, -0.25) is 0 Å². The van der Waals surface area contributed by atoms with Crippen LogP contribution in [-0.2, 0) is 0 Å². The number of hydrogen-bond acceptors (Lipinski definition) is 2. The van der Waals surface area contributed by atoms with E-state index in [1.807, 2.05) is 12.1 Å². The Morgan fingerprint density at radius 2 is 2.05 bits per heavy atom. The molecule has 3 heteroatoms. The molecule has 0 spiro atoms. The summed E-state index contributed by atoms with van der Waals surface area (Å²) >= 11 is 6.18. The molecular formula is C16H24ClNO. The molecule has 0 saturated heterocycles. The van der Waals surface area contributed by atoms with E-state index in [9.17, 15) is 0 Å². The number of ether oxygens (including phenoxy) is 1. The standard InChI is InChI=1S/C16H24ClNO/c1-3-18-15-8-6-4-5-7-13(15)14-11-12(17)9-10-16(14)19-2/h9-11,13,15,18H,3-8H2,1-2H3. The summed E-state index contributed by atoms with van der Waals surface area (Å²) in [6.45, 7) is 3.20. The van der Waals surface area contributed by atoms with E-state index in [0.717, 1.165) is 17.3 Å². The van der Waals surface area contributed by atoms with Gasteiger partial charge in [-0.15, -0.1) is 0 Å². The molecule has 1 aliphatic rings. The van der Waals surface area contributed by atoms with Crippen molar-refractivity contribution in [2.75, 3.05) is 13.7 Å². The monoisotopic (exact) mass is 281 g/mol. The fraction of sp³-hybridized carbons (Fsp3) is 0.625. The van der Waals surface area contributed by atoms with Gasteiger partial charge in [-0.1, -0.05) is 37.8 Å². The molecule has 2 atom stereocenters. The number of rotatable bonds is 4. The lowest BCUT2D eigenvalue weighted by molar-refractivity contribution is 0.379. The lowest BCUT2D eigenvalue weighted by atomic mass is 9.87. The quantitative estimate of drug-likeness (QED) is 0.827. The Hall–Kier alpha value is -0.730. The van der Waals surface area contributed by atoms with Crippen molar-refractivity contribution in [1.82, 2.24) is 5.32 Å². The van der Waals surface area contributed by atoms with Crippen LogP contribution in [0.15, 0.2) is 18.2 Å². The lowest BCUT2D eigenvalue weighted by Gasteiger charge is -2.27. The van der Waals surface area contributed by atoms with Crippen LogP contribution in [0.1, 0.15) is 50.5 Å². The highest BCUT2D eigenvalue weighted by molar-refractivity contribution is 6.30. The number of likely N-dealkylation sites (N-methyl/N-ethyl adjacent to an activating group) is 1. The van der Waals surface area contributed by atoms with Crippen LogP contribution in [0.3, 0.4) is 0 Å². The zero-order valence-electron chi connectivity index (χ0n) is 11.9. The Balaban J connectivity index is 2.31. The van der Waals surface area contributed by atoms with Gasteiger partial charge in [0.15, 0.2) is 0 Å². The molecule has 2 rings (SSSR count). The van der Waals surface area contributed by atoms with Crippen molar-refractivity contribution in [3.63, 3.8) is 0 Å². The molecule has 0 bridgehead atoms. The van der Waals surface area contributed by atoms with E-state index in [4.69, 9.17) is 16.3 Å². The van der Waals surface area contributed by atoms with Gasteiger partial charge in [-0.05, 0) is 37.6 Å². The second-order valence-electron chi connectivity index (χ2n) is 5.29. The average molecular weight is 282 g/mol. The first-order valence-electron chi connectivity index (χ1n) is 7.33. The molecular weight excluding hydrogens is 258 g/mol. The molecule has 2 nitrogen and oxygen atoms in total. The summed E-state index contributed by atoms with van der Waals surface area (Å²) in [6, 6.07) is 6.52. The van der Waals surface area contributed by atoms with Crippen molar-refractivity contribution in [3.8, 4) is 5.75 Å². The second-order valence-corrected chi connectivity index (χ2v) is 5.73. The van der Waals surface area contributed by atoms with Crippen LogP contribution in [0.2, 0.25) is 5.02 Å². The first-order chi connectivity index (χ1) is 9.26. The Bertz CT molecular complexity index is 408. The van der Waals surface area contributed by atoms with Gasteiger partial charge in [-0.2, -0.15) is 0 Å². The van der Waals surface area contributed by atoms with Gasteiger partial charge in [0, 0.05) is 22.5 Å². The summed E-state index contributed by atoms with van der Waals surface area (Å²) in [6.07, 6.45) is 6.41. The van der Waals surface area contributed by atoms with Crippen LogP contribution in [0.5, 0.6) is 5.75 Å². The minimum absolute atomic E-state index is 0.510. The molecule has 1 aliphatic carbocycles. The molecule has 19 heavy (non-hydrogen) atoms. The maximum Gasteiger partial charge on any atom is 0.122 e. The maximum absolute atomic E-state index is 6.18. The van der Waals surface area contributed by atoms with Crippen molar-refractivity contribution < 1.29 is 4.74 Å². The summed E-state index contributed by atoms with van der Waals surface area (Å²) in [5.41, 5.74) is 1.27. The SMILES string of the molecule is CCNC1CCCCCC1c1cc(Cl)ccc1OC. The Morgan fingerprint density at radius 1 is 1.26 bits per heavy atom. The number of halogens is 1. The fourth-order valence-corrected chi connectivity index (χ4v) is 3.36. The molecule has 1 aromatic rings. The highest BCUT2D eigenvalue weighted by Crippen LogP contribution is 2.38. The van der Waals surface area contributed by atoms with E-state index >= 15 is 0 Å². The van der Waals surface area contributed by atoms with Gasteiger partial charge < -0.3 is 10.1 Å². The molecule has 0 radical (unpaired) electrons. The third-order valence-corrected chi connectivity index (χ3v) is 4.31. The normalized spacial score (nSPS) is 23.9. The molecule has 0 amide bonds. The molecule has 0 aromatic heterocycles. The van der Waals surface area contributed by atoms with Crippen LogP contribution >= 0.6 is 11.6 Å². The van der Waals surface area contributed by atoms with Crippen molar-refractivity contribution in [3.05, 3.63) is 28.8 Å². The molecule has 1 aromatic carbocycles. The smallest absolute Gasteiger partial charge is 0.122 e. The largest absolute Gasteiger partial charge is 0.496 e. The van der Waals surface area contributed by atoms with Gasteiger partial charge in [-0.25, -0.2) is 0 Å². The molecule has 106 valence electrons. The van der Waals surface area contributed by atoms with E-state index in [1.165, 1.54) is 37.7 Å². The third kappa shape index (κ3) is 3.64.